The predicted molar refractivity (Wildman–Crippen MR) is 118 cm³/mol. The summed E-state index contributed by atoms with van der Waals surface area (Å²) in [7, 11) is 0. The van der Waals surface area contributed by atoms with Crippen molar-refractivity contribution < 1.29 is 23.9 Å². The molecule has 2 aromatic rings. The molecule has 31 heavy (non-hydrogen) atoms. The normalized spacial score (nSPS) is 11.8. The number of anilines is 2. The monoisotopic (exact) mass is 427 g/mol. The summed E-state index contributed by atoms with van der Waals surface area (Å²) in [6.07, 6.45) is -0.761. The number of nitrogen functional groups attached to an aromatic ring is 1. The Kier molecular flexibility index (Phi) is 8.43. The fourth-order valence-electron chi connectivity index (χ4n) is 2.63. The van der Waals surface area contributed by atoms with Crippen LogP contribution in [0.5, 0.6) is 0 Å². The van der Waals surface area contributed by atoms with E-state index in [1.54, 1.807) is 45.0 Å². The maximum absolute atomic E-state index is 12.6. The summed E-state index contributed by atoms with van der Waals surface area (Å²) in [6, 6.07) is 15.0. The van der Waals surface area contributed by atoms with Crippen LogP contribution in [0.4, 0.5) is 16.2 Å². The summed E-state index contributed by atoms with van der Waals surface area (Å²) in [5.74, 6) is -0.994. The van der Waals surface area contributed by atoms with Crippen molar-refractivity contribution in [3.63, 3.8) is 0 Å². The number of alkyl carbamates (subject to hydrolysis) is 1. The molecule has 4 N–H and O–H groups in total. The van der Waals surface area contributed by atoms with Crippen molar-refractivity contribution >= 4 is 29.3 Å². The van der Waals surface area contributed by atoms with Gasteiger partial charge in [0.05, 0.1) is 11.4 Å². The highest BCUT2D eigenvalue weighted by atomic mass is 16.6. The first kappa shape index (κ1) is 23.7. The molecule has 0 aliphatic heterocycles. The quantitative estimate of drug-likeness (QED) is 0.437. The molecule has 1 atom stereocenters. The standard InChI is InChI=1S/C23H29N3O5/c1-23(2,3)31-22(29)26-19(21(28)30-15-16-9-5-4-6-10-16)13-14-20(27)25-18-12-8-7-11-17(18)24/h4-12,19H,13-15,24H2,1-3H3,(H,25,27)(H,26,29). The van der Waals surface area contributed by atoms with Gasteiger partial charge in [0.2, 0.25) is 5.91 Å². The van der Waals surface area contributed by atoms with Gasteiger partial charge < -0.3 is 25.8 Å². The van der Waals surface area contributed by atoms with Crippen molar-refractivity contribution in [2.75, 3.05) is 11.1 Å². The topological polar surface area (TPSA) is 120 Å². The van der Waals surface area contributed by atoms with Gasteiger partial charge in [-0.3, -0.25) is 4.79 Å². The fraction of sp³-hybridized carbons (Fsp3) is 0.348. The molecular weight excluding hydrogens is 398 g/mol. The molecule has 2 aromatic carbocycles. The lowest BCUT2D eigenvalue weighted by Gasteiger charge is -2.23. The van der Waals surface area contributed by atoms with Crippen LogP contribution in [0.25, 0.3) is 0 Å². The van der Waals surface area contributed by atoms with Crippen LogP contribution >= 0.6 is 0 Å². The number of esters is 1. The molecule has 0 spiro atoms. The number of hydrogen-bond acceptors (Lipinski definition) is 6. The minimum atomic E-state index is -1.04. The number of nitrogens with two attached hydrogens (primary N) is 1. The predicted octanol–water partition coefficient (Wildman–Crippen LogP) is 3.62. The minimum Gasteiger partial charge on any atom is -0.459 e. The zero-order valence-electron chi connectivity index (χ0n) is 18.0. The minimum absolute atomic E-state index is 0.0325. The molecule has 0 heterocycles. The molecule has 0 saturated heterocycles. The van der Waals surface area contributed by atoms with Crippen molar-refractivity contribution in [3.8, 4) is 0 Å². The average Bonchev–Trinajstić information content (AvgIpc) is 2.70. The molecule has 0 radical (unpaired) electrons. The van der Waals surface area contributed by atoms with E-state index < -0.39 is 23.7 Å². The van der Waals surface area contributed by atoms with Crippen LogP contribution in [0.1, 0.15) is 39.2 Å². The molecule has 8 heteroatoms. The average molecular weight is 428 g/mol. The van der Waals surface area contributed by atoms with E-state index in [1.165, 1.54) is 0 Å². The number of para-hydroxylation sites is 2. The smallest absolute Gasteiger partial charge is 0.408 e. The number of hydrogen-bond donors (Lipinski definition) is 3. The van der Waals surface area contributed by atoms with E-state index in [0.717, 1.165) is 5.56 Å². The van der Waals surface area contributed by atoms with Gasteiger partial charge in [0.1, 0.15) is 18.2 Å². The summed E-state index contributed by atoms with van der Waals surface area (Å²) >= 11 is 0. The molecule has 0 fully saturated rings. The Morgan fingerprint density at radius 2 is 1.65 bits per heavy atom. The first-order valence-electron chi connectivity index (χ1n) is 9.98. The number of carbonyl (C=O) groups is 3. The van der Waals surface area contributed by atoms with Crippen LogP contribution in [-0.4, -0.2) is 29.6 Å². The van der Waals surface area contributed by atoms with E-state index in [4.69, 9.17) is 15.2 Å². The molecule has 0 aliphatic rings. The molecule has 0 bridgehead atoms. The van der Waals surface area contributed by atoms with Gasteiger partial charge in [-0.1, -0.05) is 42.5 Å². The Labute approximate surface area is 182 Å². The molecule has 0 saturated carbocycles. The highest BCUT2D eigenvalue weighted by Crippen LogP contribution is 2.17. The van der Waals surface area contributed by atoms with Gasteiger partial charge in [-0.15, -0.1) is 0 Å². The van der Waals surface area contributed by atoms with E-state index >= 15 is 0 Å². The van der Waals surface area contributed by atoms with E-state index in [1.807, 2.05) is 30.3 Å². The number of carbonyl (C=O) groups excluding carboxylic acids is 3. The third-order valence-corrected chi connectivity index (χ3v) is 4.09. The first-order valence-corrected chi connectivity index (χ1v) is 9.98. The third-order valence-electron chi connectivity index (χ3n) is 4.09. The van der Waals surface area contributed by atoms with E-state index in [-0.39, 0.29) is 25.4 Å². The maximum atomic E-state index is 12.6. The third kappa shape index (κ3) is 8.77. The number of amides is 2. The van der Waals surface area contributed by atoms with Gasteiger partial charge in [0.25, 0.3) is 0 Å². The molecule has 8 nitrogen and oxygen atoms in total. The SMILES string of the molecule is CC(C)(C)OC(=O)NC(CCC(=O)Nc1ccccc1N)C(=O)OCc1ccccc1. The second-order valence-electron chi connectivity index (χ2n) is 7.97. The zero-order valence-corrected chi connectivity index (χ0v) is 18.0. The Balaban J connectivity index is 1.98. The summed E-state index contributed by atoms with van der Waals surface area (Å²) < 4.78 is 10.6. The summed E-state index contributed by atoms with van der Waals surface area (Å²) in [4.78, 5) is 37.1. The van der Waals surface area contributed by atoms with Crippen LogP contribution in [0, 0.1) is 0 Å². The molecule has 166 valence electrons. The van der Waals surface area contributed by atoms with E-state index in [2.05, 4.69) is 10.6 Å². The number of rotatable bonds is 8. The van der Waals surface area contributed by atoms with Crippen molar-refractivity contribution in [1.29, 1.82) is 0 Å². The number of benzene rings is 2. The largest absolute Gasteiger partial charge is 0.459 e. The highest BCUT2D eigenvalue weighted by Gasteiger charge is 2.26. The van der Waals surface area contributed by atoms with Crippen molar-refractivity contribution in [3.05, 3.63) is 60.2 Å². The lowest BCUT2D eigenvalue weighted by atomic mass is 10.1. The summed E-state index contributed by atoms with van der Waals surface area (Å²) in [5, 5.41) is 5.19. The summed E-state index contributed by atoms with van der Waals surface area (Å²) in [6.45, 7) is 5.20. The number of nitrogens with one attached hydrogen (secondary N) is 2. The van der Waals surface area contributed by atoms with Crippen LogP contribution in [0.3, 0.4) is 0 Å². The van der Waals surface area contributed by atoms with Gasteiger partial charge in [0, 0.05) is 6.42 Å². The van der Waals surface area contributed by atoms with Gasteiger partial charge >= 0.3 is 12.1 Å². The second-order valence-corrected chi connectivity index (χ2v) is 7.97. The Hall–Kier alpha value is -3.55. The van der Waals surface area contributed by atoms with Gasteiger partial charge in [-0.05, 0) is 44.9 Å². The Bertz CT molecular complexity index is 894. The second kappa shape index (κ2) is 11.0. The first-order chi connectivity index (χ1) is 14.6. The van der Waals surface area contributed by atoms with Crippen molar-refractivity contribution in [2.45, 2.75) is 51.9 Å². The van der Waals surface area contributed by atoms with Crippen LogP contribution in [-0.2, 0) is 25.7 Å². The van der Waals surface area contributed by atoms with E-state index in [9.17, 15) is 14.4 Å². The zero-order chi connectivity index (χ0) is 22.9. The van der Waals surface area contributed by atoms with Gasteiger partial charge in [-0.2, -0.15) is 0 Å². The van der Waals surface area contributed by atoms with Crippen LogP contribution < -0.4 is 16.4 Å². The fourth-order valence-corrected chi connectivity index (χ4v) is 2.63. The maximum Gasteiger partial charge on any atom is 0.408 e. The van der Waals surface area contributed by atoms with Crippen LogP contribution in [0.2, 0.25) is 0 Å². The van der Waals surface area contributed by atoms with Crippen molar-refractivity contribution in [1.82, 2.24) is 5.32 Å². The molecule has 0 aromatic heterocycles. The number of ether oxygens (including phenoxy) is 2. The van der Waals surface area contributed by atoms with Crippen LogP contribution in [0.15, 0.2) is 54.6 Å². The Morgan fingerprint density at radius 3 is 2.29 bits per heavy atom. The molecule has 1 unspecified atom stereocenters. The highest BCUT2D eigenvalue weighted by molar-refractivity contribution is 5.94. The van der Waals surface area contributed by atoms with Gasteiger partial charge in [0.15, 0.2) is 0 Å². The Morgan fingerprint density at radius 1 is 1.00 bits per heavy atom. The van der Waals surface area contributed by atoms with E-state index in [0.29, 0.717) is 11.4 Å². The lowest BCUT2D eigenvalue weighted by Crippen LogP contribution is -2.44. The summed E-state index contributed by atoms with van der Waals surface area (Å²) in [5.41, 5.74) is 6.82. The molecular formula is C23H29N3O5. The molecule has 0 aliphatic carbocycles. The van der Waals surface area contributed by atoms with Crippen molar-refractivity contribution in [2.24, 2.45) is 0 Å². The lowest BCUT2D eigenvalue weighted by molar-refractivity contribution is -0.147. The molecule has 2 rings (SSSR count). The molecule has 2 amide bonds. The van der Waals surface area contributed by atoms with Gasteiger partial charge in [-0.25, -0.2) is 9.59 Å².